The Labute approximate surface area is 127 Å². The van der Waals surface area contributed by atoms with E-state index in [1.54, 1.807) is 6.20 Å². The van der Waals surface area contributed by atoms with E-state index in [2.05, 4.69) is 20.6 Å². The molecule has 0 bridgehead atoms. The Hall–Kier alpha value is -1.93. The molecule has 2 N–H and O–H groups in total. The van der Waals surface area contributed by atoms with Crippen molar-refractivity contribution in [1.82, 2.24) is 20.2 Å². The average molecular weight is 309 g/mol. The number of thiazole rings is 1. The van der Waals surface area contributed by atoms with Gasteiger partial charge in [-0.3, -0.25) is 5.32 Å². The molecular weight excluding hydrogens is 290 g/mol. The van der Waals surface area contributed by atoms with E-state index < -0.39 is 0 Å². The Kier molecular flexibility index (Phi) is 5.29. The van der Waals surface area contributed by atoms with Crippen LogP contribution in [0.25, 0.3) is 0 Å². The van der Waals surface area contributed by atoms with Gasteiger partial charge in [0.05, 0.1) is 18.4 Å². The largest absolute Gasteiger partial charge is 0.444 e. The van der Waals surface area contributed by atoms with Gasteiger partial charge in [-0.2, -0.15) is 0 Å². The van der Waals surface area contributed by atoms with Crippen LogP contribution in [0.4, 0.5) is 9.93 Å². The minimum atomic E-state index is -0.322. The molecule has 2 amide bonds. The summed E-state index contributed by atoms with van der Waals surface area (Å²) in [5.74, 6) is 1.30. The number of urea groups is 1. The molecule has 0 radical (unpaired) electrons. The van der Waals surface area contributed by atoms with Crippen LogP contribution in [0.3, 0.4) is 0 Å². The van der Waals surface area contributed by atoms with E-state index in [0.29, 0.717) is 11.0 Å². The number of rotatable bonds is 6. The minimum Gasteiger partial charge on any atom is -0.444 e. The molecule has 21 heavy (non-hydrogen) atoms. The number of aromatic nitrogens is 2. The Morgan fingerprint density at radius 2 is 2.29 bits per heavy atom. The molecule has 0 aliphatic carbocycles. The van der Waals surface area contributed by atoms with Gasteiger partial charge in [0.15, 0.2) is 5.13 Å². The van der Waals surface area contributed by atoms with Gasteiger partial charge in [0, 0.05) is 18.3 Å². The summed E-state index contributed by atoms with van der Waals surface area (Å²) in [5, 5.41) is 7.88. The monoisotopic (exact) mass is 309 g/mol. The number of hydrogen-bond acceptors (Lipinski definition) is 6. The van der Waals surface area contributed by atoms with Gasteiger partial charge in [-0.1, -0.05) is 6.92 Å². The molecule has 0 aliphatic rings. The fourth-order valence-electron chi connectivity index (χ4n) is 1.65. The van der Waals surface area contributed by atoms with E-state index in [-0.39, 0.29) is 12.6 Å². The highest BCUT2D eigenvalue weighted by Gasteiger charge is 2.08. The summed E-state index contributed by atoms with van der Waals surface area (Å²) in [6.07, 6.45) is 2.45. The van der Waals surface area contributed by atoms with Crippen molar-refractivity contribution in [1.29, 1.82) is 0 Å². The Bertz CT molecular complexity index is 593. The molecule has 0 unspecified atom stereocenters. The first kappa shape index (κ1) is 15.5. The average Bonchev–Trinajstić information content (AvgIpc) is 3.05. The van der Waals surface area contributed by atoms with Crippen LogP contribution in [-0.2, 0) is 19.5 Å². The van der Waals surface area contributed by atoms with Gasteiger partial charge in [0.1, 0.15) is 5.76 Å². The summed E-state index contributed by atoms with van der Waals surface area (Å²) < 4.78 is 5.41. The highest BCUT2D eigenvalue weighted by atomic mass is 32.1. The van der Waals surface area contributed by atoms with Gasteiger partial charge >= 0.3 is 6.03 Å². The van der Waals surface area contributed by atoms with Crippen LogP contribution in [0.5, 0.6) is 0 Å². The number of amides is 2. The molecule has 0 aliphatic heterocycles. The first-order valence-electron chi connectivity index (χ1n) is 6.64. The van der Waals surface area contributed by atoms with E-state index >= 15 is 0 Å². The van der Waals surface area contributed by atoms with E-state index in [9.17, 15) is 4.79 Å². The fourth-order valence-corrected chi connectivity index (χ4v) is 2.35. The number of nitrogens with zero attached hydrogens (tertiary/aromatic N) is 3. The zero-order valence-electron chi connectivity index (χ0n) is 12.3. The molecule has 0 spiro atoms. The summed E-state index contributed by atoms with van der Waals surface area (Å²) in [6.45, 7) is 2.98. The van der Waals surface area contributed by atoms with Gasteiger partial charge in [-0.05, 0) is 14.1 Å². The molecule has 114 valence electrons. The lowest BCUT2D eigenvalue weighted by molar-refractivity contribution is 0.250. The summed E-state index contributed by atoms with van der Waals surface area (Å²) in [7, 11) is 3.94. The first-order chi connectivity index (χ1) is 10.1. The molecule has 0 saturated heterocycles. The number of anilines is 1. The van der Waals surface area contributed by atoms with E-state index in [0.717, 1.165) is 24.4 Å². The highest BCUT2D eigenvalue weighted by molar-refractivity contribution is 7.13. The van der Waals surface area contributed by atoms with E-state index in [1.165, 1.54) is 11.3 Å². The smallest absolute Gasteiger partial charge is 0.321 e. The van der Waals surface area contributed by atoms with Gasteiger partial charge in [0.2, 0.25) is 5.89 Å². The second-order valence-corrected chi connectivity index (χ2v) is 5.62. The molecule has 2 heterocycles. The Morgan fingerprint density at radius 3 is 2.95 bits per heavy atom. The van der Waals surface area contributed by atoms with Crippen molar-refractivity contribution in [3.8, 4) is 0 Å². The maximum atomic E-state index is 11.8. The number of aryl methyl sites for hydroxylation is 1. The number of nitrogens with one attached hydrogen (secondary N) is 2. The molecule has 0 aromatic carbocycles. The molecule has 0 fully saturated rings. The minimum absolute atomic E-state index is 0.252. The van der Waals surface area contributed by atoms with E-state index in [4.69, 9.17) is 4.42 Å². The predicted molar refractivity (Wildman–Crippen MR) is 81.2 cm³/mol. The van der Waals surface area contributed by atoms with Crippen LogP contribution in [0.1, 0.15) is 24.3 Å². The summed E-state index contributed by atoms with van der Waals surface area (Å²) in [6, 6.07) is -0.322. The maximum absolute atomic E-state index is 11.8. The SMILES string of the molecule is CCc1cnc(CNC(=O)Nc2nc(CN(C)C)cs2)o1. The lowest BCUT2D eigenvalue weighted by Gasteiger charge is -2.05. The Balaban J connectivity index is 1.80. The van der Waals surface area contributed by atoms with Crippen LogP contribution < -0.4 is 10.6 Å². The summed E-state index contributed by atoms with van der Waals surface area (Å²) >= 11 is 1.40. The van der Waals surface area contributed by atoms with Gasteiger partial charge in [-0.15, -0.1) is 11.3 Å². The number of carbonyl (C=O) groups is 1. The highest BCUT2D eigenvalue weighted by Crippen LogP contribution is 2.16. The zero-order chi connectivity index (χ0) is 15.2. The summed E-state index contributed by atoms with van der Waals surface area (Å²) in [5.41, 5.74) is 0.931. The zero-order valence-corrected chi connectivity index (χ0v) is 13.2. The third-order valence-corrected chi connectivity index (χ3v) is 3.41. The fraction of sp³-hybridized carbons (Fsp3) is 0.462. The Morgan fingerprint density at radius 1 is 1.48 bits per heavy atom. The normalized spacial score (nSPS) is 10.9. The van der Waals surface area contributed by atoms with Gasteiger partial charge < -0.3 is 14.6 Å². The number of carbonyl (C=O) groups excluding carboxylic acids is 1. The molecule has 2 aromatic rings. The van der Waals surface area contributed by atoms with Gasteiger partial charge in [-0.25, -0.2) is 14.8 Å². The van der Waals surface area contributed by atoms with Crippen LogP contribution in [-0.4, -0.2) is 35.0 Å². The first-order valence-corrected chi connectivity index (χ1v) is 7.52. The van der Waals surface area contributed by atoms with Crippen molar-refractivity contribution in [3.05, 3.63) is 28.9 Å². The van der Waals surface area contributed by atoms with Crippen molar-refractivity contribution < 1.29 is 9.21 Å². The van der Waals surface area contributed by atoms with Crippen molar-refractivity contribution in [2.75, 3.05) is 19.4 Å². The molecule has 7 nitrogen and oxygen atoms in total. The second kappa shape index (κ2) is 7.19. The van der Waals surface area contributed by atoms with Crippen LogP contribution >= 0.6 is 11.3 Å². The number of hydrogen-bond donors (Lipinski definition) is 2. The molecule has 0 saturated carbocycles. The predicted octanol–water partition coefficient (Wildman–Crippen LogP) is 2.08. The molecular formula is C13H19N5O2S. The van der Waals surface area contributed by atoms with Crippen LogP contribution in [0, 0.1) is 0 Å². The topological polar surface area (TPSA) is 83.3 Å². The van der Waals surface area contributed by atoms with Crippen molar-refractivity contribution in [3.63, 3.8) is 0 Å². The van der Waals surface area contributed by atoms with Crippen LogP contribution in [0.2, 0.25) is 0 Å². The lowest BCUT2D eigenvalue weighted by atomic mass is 10.4. The standard InChI is InChI=1S/C13H19N5O2S/c1-4-10-5-14-11(20-10)6-15-12(19)17-13-16-9(8-21-13)7-18(2)3/h5,8H,4,6-7H2,1-3H3,(H2,15,16,17,19). The van der Waals surface area contributed by atoms with E-state index in [1.807, 2.05) is 31.3 Å². The van der Waals surface area contributed by atoms with Crippen molar-refractivity contribution in [2.24, 2.45) is 0 Å². The van der Waals surface area contributed by atoms with Crippen molar-refractivity contribution >= 4 is 22.5 Å². The van der Waals surface area contributed by atoms with Gasteiger partial charge in [0.25, 0.3) is 0 Å². The second-order valence-electron chi connectivity index (χ2n) is 4.76. The third-order valence-electron chi connectivity index (χ3n) is 2.60. The molecule has 8 heteroatoms. The lowest BCUT2D eigenvalue weighted by Crippen LogP contribution is -2.28. The maximum Gasteiger partial charge on any atom is 0.321 e. The molecule has 2 aromatic heterocycles. The quantitative estimate of drug-likeness (QED) is 0.853. The van der Waals surface area contributed by atoms with Crippen LogP contribution in [0.15, 0.2) is 16.0 Å². The van der Waals surface area contributed by atoms with Crippen molar-refractivity contribution in [2.45, 2.75) is 26.4 Å². The number of oxazole rings is 1. The third kappa shape index (κ3) is 4.83. The molecule has 2 rings (SSSR count). The summed E-state index contributed by atoms with van der Waals surface area (Å²) in [4.78, 5) is 22.2. The molecule has 0 atom stereocenters.